The molecule has 3 nitrogen and oxygen atoms in total. The number of nitrogens with one attached hydrogen (secondary N) is 1. The van der Waals surface area contributed by atoms with Crippen molar-refractivity contribution in [3.05, 3.63) is 29.6 Å². The molecule has 23 heavy (non-hydrogen) atoms. The second-order valence-corrected chi connectivity index (χ2v) is 7.99. The van der Waals surface area contributed by atoms with Crippen molar-refractivity contribution in [3.63, 3.8) is 0 Å². The van der Waals surface area contributed by atoms with Crippen LogP contribution in [-0.2, 0) is 10.2 Å². The van der Waals surface area contributed by atoms with E-state index in [2.05, 4.69) is 10.2 Å². The van der Waals surface area contributed by atoms with Crippen molar-refractivity contribution in [3.8, 4) is 0 Å². The van der Waals surface area contributed by atoms with Gasteiger partial charge in [-0.3, -0.25) is 0 Å². The Morgan fingerprint density at radius 2 is 2.17 bits per heavy atom. The van der Waals surface area contributed by atoms with Crippen LogP contribution in [0.4, 0.5) is 10.1 Å². The van der Waals surface area contributed by atoms with Gasteiger partial charge in [-0.25, -0.2) is 4.39 Å². The normalized spacial score (nSPS) is 34.7. The van der Waals surface area contributed by atoms with Gasteiger partial charge in [-0.05, 0) is 69.0 Å². The second-order valence-electron chi connectivity index (χ2n) is 7.99. The van der Waals surface area contributed by atoms with Crippen molar-refractivity contribution >= 4 is 5.69 Å². The molecule has 3 saturated heterocycles. The molecule has 0 saturated carbocycles. The van der Waals surface area contributed by atoms with E-state index in [1.165, 1.54) is 31.4 Å². The summed E-state index contributed by atoms with van der Waals surface area (Å²) >= 11 is 0. The lowest BCUT2D eigenvalue weighted by molar-refractivity contribution is 0.0768. The van der Waals surface area contributed by atoms with Gasteiger partial charge in [0.15, 0.2) is 0 Å². The Morgan fingerprint density at radius 3 is 2.91 bits per heavy atom. The highest BCUT2D eigenvalue weighted by atomic mass is 19.1. The van der Waals surface area contributed by atoms with Crippen LogP contribution in [0.2, 0.25) is 0 Å². The van der Waals surface area contributed by atoms with E-state index in [4.69, 9.17) is 4.74 Å². The number of nitrogens with zero attached hydrogens (tertiary/aromatic N) is 1. The second kappa shape index (κ2) is 5.18. The molecule has 4 aliphatic heterocycles. The van der Waals surface area contributed by atoms with Gasteiger partial charge in [0, 0.05) is 31.5 Å². The third-order valence-corrected chi connectivity index (χ3v) is 6.71. The maximum atomic E-state index is 13.7. The molecule has 0 aromatic heterocycles. The van der Waals surface area contributed by atoms with E-state index >= 15 is 0 Å². The Morgan fingerprint density at radius 1 is 1.30 bits per heavy atom. The summed E-state index contributed by atoms with van der Waals surface area (Å²) < 4.78 is 19.7. The van der Waals surface area contributed by atoms with Crippen molar-refractivity contribution in [2.75, 3.05) is 31.5 Å². The summed E-state index contributed by atoms with van der Waals surface area (Å²) in [6.45, 7) is 4.43. The largest absolute Gasteiger partial charge is 0.384 e. The Hall–Kier alpha value is -1.13. The monoisotopic (exact) mass is 318 g/mol. The molecule has 3 atom stereocenters. The molecular weight excluding hydrogens is 291 g/mol. The molecule has 0 amide bonds. The van der Waals surface area contributed by atoms with Gasteiger partial charge < -0.3 is 15.0 Å². The number of ether oxygens (including phenoxy) is 1. The van der Waals surface area contributed by atoms with Gasteiger partial charge in [-0.15, -0.1) is 0 Å². The van der Waals surface area contributed by atoms with E-state index in [1.807, 2.05) is 6.07 Å². The van der Waals surface area contributed by atoms with E-state index in [0.29, 0.717) is 12.2 Å². The van der Waals surface area contributed by atoms with Crippen LogP contribution in [-0.4, -0.2) is 43.3 Å². The molecule has 0 radical (unpaired) electrons. The molecule has 4 heteroatoms. The van der Waals surface area contributed by atoms with Gasteiger partial charge >= 0.3 is 0 Å². The third kappa shape index (κ3) is 2.30. The summed E-state index contributed by atoms with van der Waals surface area (Å²) in [5.41, 5.74) is 2.50. The maximum absolute atomic E-state index is 13.7. The molecule has 1 N–H and O–H groups in total. The lowest BCUT2D eigenvalue weighted by atomic mass is 9.74. The van der Waals surface area contributed by atoms with E-state index in [0.717, 1.165) is 44.1 Å². The predicted octanol–water partition coefficient (Wildman–Crippen LogP) is 3.40. The third-order valence-electron chi connectivity index (χ3n) is 6.71. The first-order valence-electron chi connectivity index (χ1n) is 9.14. The number of hydrogen-bond donors (Lipinski definition) is 1. The number of fused-ring (bicyclic) bond motifs is 4. The van der Waals surface area contributed by atoms with E-state index in [-0.39, 0.29) is 12.7 Å². The van der Waals surface area contributed by atoms with Gasteiger partial charge in [-0.1, -0.05) is 0 Å². The number of likely N-dealkylation sites (tertiary alicyclic amines) is 1. The molecule has 126 valence electrons. The summed E-state index contributed by atoms with van der Waals surface area (Å²) in [7, 11) is 0. The summed E-state index contributed by atoms with van der Waals surface area (Å²) in [6, 6.07) is 5.22. The summed E-state index contributed by atoms with van der Waals surface area (Å²) in [5, 5.41) is 3.49. The van der Waals surface area contributed by atoms with Crippen LogP contribution in [0.25, 0.3) is 0 Å². The van der Waals surface area contributed by atoms with Gasteiger partial charge in [0.05, 0.1) is 12.2 Å². The minimum Gasteiger partial charge on any atom is -0.384 e. The SMILES string of the molecule is Fc1ccc2c(c1)C1(CCN(C[C@@H]3C[C@H]4CC[C@@H]3O4)CC1)CN2.[HH]. The molecule has 4 aliphatic rings. The Bertz CT molecular complexity index is 617. The van der Waals surface area contributed by atoms with E-state index in [1.54, 1.807) is 12.1 Å². The topological polar surface area (TPSA) is 24.5 Å². The molecular formula is C19H27FN2O. The number of hydrogen-bond acceptors (Lipinski definition) is 3. The smallest absolute Gasteiger partial charge is 0.123 e. The Balaban J connectivity index is 0.00000146. The molecule has 1 spiro atoms. The molecule has 0 aliphatic carbocycles. The lowest BCUT2D eigenvalue weighted by Gasteiger charge is -2.40. The standard InChI is InChI=1S/C19H25FN2O.H2/c20-14-1-3-17-16(10-14)19(12-21-17)5-7-22(8-6-19)11-13-9-15-2-4-18(13)23-15;/h1,3,10,13,15,18,21H,2,4-9,11-12H2;1H/t13-,15+,18-;/m0./s1. The summed E-state index contributed by atoms with van der Waals surface area (Å²) in [6.07, 6.45) is 7.16. The van der Waals surface area contributed by atoms with Crippen LogP contribution in [0.1, 0.15) is 39.1 Å². The van der Waals surface area contributed by atoms with Crippen LogP contribution in [0.15, 0.2) is 18.2 Å². The Labute approximate surface area is 138 Å². The van der Waals surface area contributed by atoms with Crippen LogP contribution in [0.3, 0.4) is 0 Å². The minimum absolute atomic E-state index is 0. The van der Waals surface area contributed by atoms with Gasteiger partial charge in [0.25, 0.3) is 0 Å². The number of benzene rings is 1. The number of anilines is 1. The zero-order valence-electron chi connectivity index (χ0n) is 13.6. The molecule has 5 rings (SSSR count). The van der Waals surface area contributed by atoms with Crippen LogP contribution in [0, 0.1) is 11.7 Å². The maximum Gasteiger partial charge on any atom is 0.123 e. The molecule has 3 fully saturated rings. The highest BCUT2D eigenvalue weighted by molar-refractivity contribution is 5.60. The van der Waals surface area contributed by atoms with Crippen molar-refractivity contribution < 1.29 is 10.6 Å². The average molecular weight is 318 g/mol. The first-order chi connectivity index (χ1) is 11.2. The fourth-order valence-corrected chi connectivity index (χ4v) is 5.35. The molecule has 4 heterocycles. The highest BCUT2D eigenvalue weighted by Gasteiger charge is 2.44. The zero-order chi connectivity index (χ0) is 15.4. The number of rotatable bonds is 2. The molecule has 1 aromatic carbocycles. The number of piperidine rings is 1. The van der Waals surface area contributed by atoms with Gasteiger partial charge in [-0.2, -0.15) is 0 Å². The zero-order valence-corrected chi connectivity index (χ0v) is 13.6. The average Bonchev–Trinajstić information content (AvgIpc) is 3.25. The Kier molecular flexibility index (Phi) is 3.21. The fraction of sp³-hybridized carbons (Fsp3) is 0.684. The van der Waals surface area contributed by atoms with Crippen LogP contribution in [0.5, 0.6) is 0 Å². The van der Waals surface area contributed by atoms with Crippen molar-refractivity contribution in [1.82, 2.24) is 4.90 Å². The number of halogens is 1. The quantitative estimate of drug-likeness (QED) is 0.904. The molecule has 2 bridgehead atoms. The molecule has 0 unspecified atom stereocenters. The van der Waals surface area contributed by atoms with E-state index in [9.17, 15) is 4.39 Å². The highest BCUT2D eigenvalue weighted by Crippen LogP contribution is 2.45. The summed E-state index contributed by atoms with van der Waals surface area (Å²) in [4.78, 5) is 2.62. The lowest BCUT2D eigenvalue weighted by Crippen LogP contribution is -2.46. The van der Waals surface area contributed by atoms with Crippen LogP contribution < -0.4 is 5.32 Å². The van der Waals surface area contributed by atoms with Crippen molar-refractivity contribution in [2.24, 2.45) is 5.92 Å². The van der Waals surface area contributed by atoms with Crippen molar-refractivity contribution in [2.45, 2.75) is 49.7 Å². The summed E-state index contributed by atoms with van der Waals surface area (Å²) in [5.74, 6) is 0.641. The van der Waals surface area contributed by atoms with Gasteiger partial charge in [0.1, 0.15) is 5.82 Å². The van der Waals surface area contributed by atoms with Gasteiger partial charge in [0.2, 0.25) is 0 Å². The minimum atomic E-state index is -0.103. The fourth-order valence-electron chi connectivity index (χ4n) is 5.35. The molecule has 1 aromatic rings. The first kappa shape index (κ1) is 14.2. The van der Waals surface area contributed by atoms with Crippen molar-refractivity contribution in [1.29, 1.82) is 0 Å². The van der Waals surface area contributed by atoms with Crippen LogP contribution >= 0.6 is 0 Å². The van der Waals surface area contributed by atoms with E-state index < -0.39 is 0 Å². The predicted molar refractivity (Wildman–Crippen MR) is 90.4 cm³/mol. The first-order valence-corrected chi connectivity index (χ1v) is 9.14.